The summed E-state index contributed by atoms with van der Waals surface area (Å²) >= 11 is 0. The number of aliphatic hydroxyl groups is 1. The van der Waals surface area contributed by atoms with Crippen molar-refractivity contribution >= 4 is 17.8 Å². The molecule has 0 saturated heterocycles. The number of benzene rings is 2. The van der Waals surface area contributed by atoms with Crippen LogP contribution < -0.4 is 10.6 Å². The number of anilines is 1. The maximum Gasteiger partial charge on any atom is 0.139 e. The maximum absolute atomic E-state index is 10.8. The summed E-state index contributed by atoms with van der Waals surface area (Å²) in [5, 5.41) is 27.4. The van der Waals surface area contributed by atoms with Gasteiger partial charge in [0.15, 0.2) is 0 Å². The van der Waals surface area contributed by atoms with Crippen LogP contribution in [0.1, 0.15) is 53.3 Å². The van der Waals surface area contributed by atoms with E-state index in [1.54, 1.807) is 12.1 Å². The lowest BCUT2D eigenvalue weighted by Gasteiger charge is -2.21. The van der Waals surface area contributed by atoms with Gasteiger partial charge in [0.1, 0.15) is 5.75 Å². The molecule has 1 atom stereocenters. The predicted octanol–water partition coefficient (Wildman–Crippen LogP) is 4.18. The quantitative estimate of drug-likeness (QED) is 0.571. The highest BCUT2D eigenvalue weighted by molar-refractivity contribution is 5.78. The van der Waals surface area contributed by atoms with Gasteiger partial charge in [0.05, 0.1) is 11.8 Å². The second-order valence-corrected chi connectivity index (χ2v) is 7.52. The summed E-state index contributed by atoms with van der Waals surface area (Å²) in [7, 11) is 0. The molecule has 4 nitrogen and oxygen atoms in total. The van der Waals surface area contributed by atoms with Gasteiger partial charge in [-0.15, -0.1) is 0 Å². The van der Waals surface area contributed by atoms with Crippen LogP contribution in [0.25, 0.3) is 12.2 Å². The summed E-state index contributed by atoms with van der Waals surface area (Å²) in [6, 6.07) is 8.10. The van der Waals surface area contributed by atoms with Crippen LogP contribution in [0.15, 0.2) is 36.0 Å². The smallest absolute Gasteiger partial charge is 0.139 e. The summed E-state index contributed by atoms with van der Waals surface area (Å²) < 4.78 is 0. The summed E-state index contributed by atoms with van der Waals surface area (Å²) in [6.07, 6.45) is 8.51. The van der Waals surface area contributed by atoms with E-state index in [-0.39, 0.29) is 5.75 Å². The molecule has 4 heteroatoms. The number of phenols is 1. The molecule has 0 fully saturated rings. The first kappa shape index (κ1) is 18.6. The molecule has 0 saturated carbocycles. The van der Waals surface area contributed by atoms with Crippen molar-refractivity contribution in [3.8, 4) is 5.75 Å². The fourth-order valence-corrected chi connectivity index (χ4v) is 4.22. The van der Waals surface area contributed by atoms with E-state index in [9.17, 15) is 10.2 Å². The van der Waals surface area contributed by atoms with Crippen LogP contribution in [0.5, 0.6) is 5.75 Å². The van der Waals surface area contributed by atoms with E-state index in [0.29, 0.717) is 18.8 Å². The average Bonchev–Trinajstić information content (AvgIpc) is 3.13. The zero-order chi connectivity index (χ0) is 19.7. The highest BCUT2D eigenvalue weighted by Gasteiger charge is 2.20. The molecule has 146 valence electrons. The lowest BCUT2D eigenvalue weighted by molar-refractivity contribution is 0.178. The van der Waals surface area contributed by atoms with Crippen molar-refractivity contribution in [3.05, 3.63) is 69.4 Å². The minimum Gasteiger partial charge on any atom is -0.506 e. The van der Waals surface area contributed by atoms with Crippen LogP contribution in [0, 0.1) is 0 Å². The Morgan fingerprint density at radius 1 is 1.14 bits per heavy atom. The normalized spacial score (nSPS) is 15.5. The van der Waals surface area contributed by atoms with Gasteiger partial charge in [-0.05, 0) is 52.8 Å². The number of phenolic OH excluding ortho intramolecular Hbond substituents is 1. The van der Waals surface area contributed by atoms with Gasteiger partial charge in [-0.25, -0.2) is 0 Å². The van der Waals surface area contributed by atoms with E-state index in [4.69, 9.17) is 0 Å². The Kier molecular flexibility index (Phi) is 5.14. The standard InChI is InChI=1S/C24H28N2O2/c1-3-15-10-17-12-19(13-18(17)11-16(15)4-2)26-14-23(28)20-7-8-22(27)24-21(20)6-5-9-25-24/h5-8,10-12,23,25-28H,3-4,9,13-14H2,1-2H3/t23-/m0/s1. The number of fused-ring (bicyclic) bond motifs is 2. The summed E-state index contributed by atoms with van der Waals surface area (Å²) in [5.74, 6) is 0.218. The lowest BCUT2D eigenvalue weighted by atomic mass is 9.96. The van der Waals surface area contributed by atoms with Gasteiger partial charge < -0.3 is 20.8 Å². The lowest BCUT2D eigenvalue weighted by Crippen LogP contribution is -2.22. The monoisotopic (exact) mass is 376 g/mol. The minimum absolute atomic E-state index is 0.218. The van der Waals surface area contributed by atoms with Crippen molar-refractivity contribution in [2.75, 3.05) is 18.4 Å². The molecule has 4 N–H and O–H groups in total. The highest BCUT2D eigenvalue weighted by Crippen LogP contribution is 2.36. The summed E-state index contributed by atoms with van der Waals surface area (Å²) in [5.41, 5.74) is 9.04. The zero-order valence-electron chi connectivity index (χ0n) is 16.5. The van der Waals surface area contributed by atoms with E-state index >= 15 is 0 Å². The van der Waals surface area contributed by atoms with Crippen LogP contribution in [0.2, 0.25) is 0 Å². The number of hydrogen-bond donors (Lipinski definition) is 4. The molecule has 0 spiro atoms. The first-order valence-electron chi connectivity index (χ1n) is 10.1. The number of aryl methyl sites for hydroxylation is 2. The van der Waals surface area contributed by atoms with Crippen molar-refractivity contribution in [2.24, 2.45) is 0 Å². The molecule has 2 aromatic carbocycles. The number of aromatic hydroxyl groups is 1. The topological polar surface area (TPSA) is 64.5 Å². The van der Waals surface area contributed by atoms with E-state index < -0.39 is 6.10 Å². The van der Waals surface area contributed by atoms with E-state index in [1.165, 1.54) is 22.3 Å². The summed E-state index contributed by atoms with van der Waals surface area (Å²) in [4.78, 5) is 0. The molecule has 2 aliphatic rings. The molecule has 28 heavy (non-hydrogen) atoms. The minimum atomic E-state index is -0.652. The second-order valence-electron chi connectivity index (χ2n) is 7.52. The van der Waals surface area contributed by atoms with Gasteiger partial charge in [0.2, 0.25) is 0 Å². The van der Waals surface area contributed by atoms with E-state index in [1.807, 2.05) is 12.2 Å². The second kappa shape index (κ2) is 7.72. The number of allylic oxidation sites excluding steroid dienone is 1. The van der Waals surface area contributed by atoms with Crippen molar-refractivity contribution in [1.29, 1.82) is 0 Å². The molecule has 2 aromatic rings. The van der Waals surface area contributed by atoms with Gasteiger partial charge in [-0.2, -0.15) is 0 Å². The SMILES string of the molecule is CCc1cc2c(cc1CC)CC(NC[C@H](O)c1ccc(O)c3c1C=CCN3)=C2. The number of nitrogens with one attached hydrogen (secondary N) is 2. The molecule has 1 aliphatic heterocycles. The Morgan fingerprint density at radius 3 is 2.71 bits per heavy atom. The maximum atomic E-state index is 10.8. The van der Waals surface area contributed by atoms with Crippen LogP contribution in [-0.2, 0) is 19.3 Å². The molecule has 1 aliphatic carbocycles. The van der Waals surface area contributed by atoms with Crippen molar-refractivity contribution in [3.63, 3.8) is 0 Å². The molecule has 4 rings (SSSR count). The fraction of sp³-hybridized carbons (Fsp3) is 0.333. The molecule has 0 aromatic heterocycles. The highest BCUT2D eigenvalue weighted by atomic mass is 16.3. The molecule has 0 unspecified atom stereocenters. The molecular weight excluding hydrogens is 348 g/mol. The van der Waals surface area contributed by atoms with Crippen molar-refractivity contribution < 1.29 is 10.2 Å². The van der Waals surface area contributed by atoms with E-state index in [2.05, 4.69) is 42.7 Å². The van der Waals surface area contributed by atoms with Gasteiger partial charge in [0, 0.05) is 30.8 Å². The predicted molar refractivity (Wildman–Crippen MR) is 115 cm³/mol. The molecule has 0 amide bonds. The van der Waals surface area contributed by atoms with Gasteiger partial charge >= 0.3 is 0 Å². The Balaban J connectivity index is 1.48. The number of rotatable bonds is 6. The fourth-order valence-electron chi connectivity index (χ4n) is 4.22. The largest absolute Gasteiger partial charge is 0.506 e. The number of aliphatic hydroxyl groups excluding tert-OH is 1. The first-order valence-corrected chi connectivity index (χ1v) is 10.1. The molecule has 0 radical (unpaired) electrons. The third-order valence-corrected chi connectivity index (χ3v) is 5.75. The Hall–Kier alpha value is -2.72. The van der Waals surface area contributed by atoms with Gasteiger partial charge in [-0.3, -0.25) is 0 Å². The van der Waals surface area contributed by atoms with Crippen molar-refractivity contribution in [1.82, 2.24) is 5.32 Å². The third kappa shape index (κ3) is 3.40. The number of hydrogen-bond acceptors (Lipinski definition) is 4. The summed E-state index contributed by atoms with van der Waals surface area (Å²) in [6.45, 7) is 5.53. The average molecular weight is 377 g/mol. The van der Waals surface area contributed by atoms with Crippen LogP contribution in [0.3, 0.4) is 0 Å². The van der Waals surface area contributed by atoms with Crippen LogP contribution >= 0.6 is 0 Å². The first-order chi connectivity index (χ1) is 13.6. The third-order valence-electron chi connectivity index (χ3n) is 5.75. The Morgan fingerprint density at radius 2 is 1.93 bits per heavy atom. The van der Waals surface area contributed by atoms with Crippen molar-refractivity contribution in [2.45, 2.75) is 39.2 Å². The Labute approximate surface area is 166 Å². The molecule has 1 heterocycles. The zero-order valence-corrected chi connectivity index (χ0v) is 16.5. The van der Waals surface area contributed by atoms with Gasteiger partial charge in [0.25, 0.3) is 0 Å². The molecule has 0 bridgehead atoms. The van der Waals surface area contributed by atoms with E-state index in [0.717, 1.165) is 36.1 Å². The Bertz CT molecular complexity index is 960. The van der Waals surface area contributed by atoms with Gasteiger partial charge in [-0.1, -0.05) is 44.2 Å². The van der Waals surface area contributed by atoms with Crippen LogP contribution in [0.4, 0.5) is 5.69 Å². The van der Waals surface area contributed by atoms with Crippen LogP contribution in [-0.4, -0.2) is 23.3 Å². The molecular formula is C24H28N2O2.